The van der Waals surface area contributed by atoms with Crippen LogP contribution in [0, 0.1) is 0 Å². The van der Waals surface area contributed by atoms with Crippen LogP contribution in [0.3, 0.4) is 0 Å². The van der Waals surface area contributed by atoms with Crippen molar-refractivity contribution >= 4 is 40.1 Å². The Kier molecular flexibility index (Phi) is 6.20. The van der Waals surface area contributed by atoms with E-state index in [4.69, 9.17) is 10.5 Å². The summed E-state index contributed by atoms with van der Waals surface area (Å²) in [6.45, 7) is 1.92. The number of nitrogens with zero attached hydrogens (tertiary/aromatic N) is 4. The zero-order chi connectivity index (χ0) is 19.2. The van der Waals surface area contributed by atoms with Crippen LogP contribution in [0.1, 0.15) is 13.3 Å². The molecule has 3 rings (SSSR count). The van der Waals surface area contributed by atoms with Gasteiger partial charge in [-0.25, -0.2) is 15.0 Å². The fourth-order valence-corrected chi connectivity index (χ4v) is 3.77. The van der Waals surface area contributed by atoms with E-state index in [1.165, 1.54) is 29.4 Å². The molecule has 1 unspecified atom stereocenters. The van der Waals surface area contributed by atoms with Crippen LogP contribution >= 0.6 is 23.1 Å². The fourth-order valence-electron chi connectivity index (χ4n) is 2.21. The van der Waals surface area contributed by atoms with Crippen molar-refractivity contribution in [1.29, 1.82) is 0 Å². The molecule has 3 N–H and O–H groups in total. The highest BCUT2D eigenvalue weighted by Gasteiger charge is 2.21. The topological polar surface area (TPSA) is 116 Å². The number of aromatic nitrogens is 4. The Hall–Kier alpha value is -2.72. The van der Waals surface area contributed by atoms with Crippen molar-refractivity contribution in [2.24, 2.45) is 0 Å². The molecule has 0 saturated carbocycles. The first-order chi connectivity index (χ1) is 13.1. The van der Waals surface area contributed by atoms with Gasteiger partial charge in [0.05, 0.1) is 18.1 Å². The summed E-state index contributed by atoms with van der Waals surface area (Å²) in [5.74, 6) is 0.758. The number of amides is 1. The number of rotatable bonds is 7. The second-order valence-corrected chi connectivity index (χ2v) is 7.42. The molecule has 0 radical (unpaired) electrons. The molecule has 8 nitrogen and oxygen atoms in total. The molecular formula is C17H18N6O2S2. The van der Waals surface area contributed by atoms with E-state index in [0.29, 0.717) is 16.7 Å². The Morgan fingerprint density at radius 3 is 2.74 bits per heavy atom. The number of hydrogen-bond donors (Lipinski definition) is 2. The lowest BCUT2D eigenvalue weighted by atomic mass is 10.2. The van der Waals surface area contributed by atoms with Crippen LogP contribution in [0.2, 0.25) is 0 Å². The number of carbonyl (C=O) groups excluding carboxylic acids is 1. The molecule has 1 aromatic carbocycles. The van der Waals surface area contributed by atoms with E-state index in [0.717, 1.165) is 17.0 Å². The van der Waals surface area contributed by atoms with Gasteiger partial charge < -0.3 is 15.8 Å². The lowest BCUT2D eigenvalue weighted by Crippen LogP contribution is -2.24. The standard InChI is InChI=1S/C17H18N6O2S2/c1-3-13(27-16-20-9-19-15(18)23-16)14(24)22-17-21-12(8-26-17)10-4-6-11(25-2)7-5-10/h4-9,13H,3H2,1-2H3,(H,21,22,24)(H2,18,19,20,23). The molecular weight excluding hydrogens is 384 g/mol. The average molecular weight is 403 g/mol. The van der Waals surface area contributed by atoms with Gasteiger partial charge in [0.25, 0.3) is 0 Å². The number of nitrogens with one attached hydrogen (secondary N) is 1. The molecule has 3 aromatic rings. The second-order valence-electron chi connectivity index (χ2n) is 5.40. The molecule has 0 spiro atoms. The number of carbonyl (C=O) groups is 1. The highest BCUT2D eigenvalue weighted by atomic mass is 32.2. The minimum Gasteiger partial charge on any atom is -0.497 e. The van der Waals surface area contributed by atoms with Gasteiger partial charge >= 0.3 is 0 Å². The van der Waals surface area contributed by atoms with Crippen molar-refractivity contribution in [3.05, 3.63) is 36.0 Å². The van der Waals surface area contributed by atoms with E-state index < -0.39 is 0 Å². The van der Waals surface area contributed by atoms with Crippen molar-refractivity contribution in [3.8, 4) is 17.0 Å². The number of nitrogen functional groups attached to an aromatic ring is 1. The summed E-state index contributed by atoms with van der Waals surface area (Å²) in [5, 5.41) is 5.36. The third-order valence-electron chi connectivity index (χ3n) is 3.60. The Balaban J connectivity index is 1.66. The maximum Gasteiger partial charge on any atom is 0.239 e. The molecule has 0 aliphatic carbocycles. The van der Waals surface area contributed by atoms with Gasteiger partial charge in [0.15, 0.2) is 10.3 Å². The molecule has 0 bridgehead atoms. The van der Waals surface area contributed by atoms with Crippen molar-refractivity contribution in [3.63, 3.8) is 0 Å². The minimum absolute atomic E-state index is 0.131. The van der Waals surface area contributed by atoms with Crippen molar-refractivity contribution in [1.82, 2.24) is 19.9 Å². The van der Waals surface area contributed by atoms with Crippen LogP contribution in [-0.2, 0) is 4.79 Å². The highest BCUT2D eigenvalue weighted by molar-refractivity contribution is 8.00. The minimum atomic E-state index is -0.361. The van der Waals surface area contributed by atoms with Gasteiger partial charge in [-0.15, -0.1) is 11.3 Å². The number of anilines is 2. The molecule has 0 saturated heterocycles. The van der Waals surface area contributed by atoms with Gasteiger partial charge in [-0.2, -0.15) is 4.98 Å². The molecule has 10 heteroatoms. The predicted octanol–water partition coefficient (Wildman–Crippen LogP) is 3.10. The molecule has 1 amide bonds. The predicted molar refractivity (Wildman–Crippen MR) is 107 cm³/mol. The van der Waals surface area contributed by atoms with E-state index >= 15 is 0 Å². The summed E-state index contributed by atoms with van der Waals surface area (Å²) in [7, 11) is 1.62. The van der Waals surface area contributed by atoms with Crippen LogP contribution < -0.4 is 15.8 Å². The second kappa shape index (κ2) is 8.78. The van der Waals surface area contributed by atoms with Crippen LogP contribution in [0.4, 0.5) is 11.1 Å². The van der Waals surface area contributed by atoms with Gasteiger partial charge in [-0.1, -0.05) is 18.7 Å². The van der Waals surface area contributed by atoms with Crippen molar-refractivity contribution < 1.29 is 9.53 Å². The van der Waals surface area contributed by atoms with Crippen molar-refractivity contribution in [2.45, 2.75) is 23.8 Å². The number of nitrogens with two attached hydrogens (primary N) is 1. The van der Waals surface area contributed by atoms with Gasteiger partial charge in [-0.3, -0.25) is 4.79 Å². The van der Waals surface area contributed by atoms with E-state index in [-0.39, 0.29) is 17.1 Å². The summed E-state index contributed by atoms with van der Waals surface area (Å²) in [6.07, 6.45) is 1.94. The molecule has 0 aliphatic rings. The first-order valence-electron chi connectivity index (χ1n) is 8.11. The molecule has 2 aromatic heterocycles. The Labute approximate surface area is 164 Å². The maximum absolute atomic E-state index is 12.6. The van der Waals surface area contributed by atoms with Gasteiger partial charge in [-0.05, 0) is 30.7 Å². The van der Waals surface area contributed by atoms with Gasteiger partial charge in [0.1, 0.15) is 12.1 Å². The highest BCUT2D eigenvalue weighted by Crippen LogP contribution is 2.28. The van der Waals surface area contributed by atoms with Crippen LogP contribution in [0.5, 0.6) is 5.75 Å². The third kappa shape index (κ3) is 4.92. The monoisotopic (exact) mass is 402 g/mol. The molecule has 0 fully saturated rings. The number of thiazole rings is 1. The Bertz CT molecular complexity index is 916. The summed E-state index contributed by atoms with van der Waals surface area (Å²) >= 11 is 2.62. The third-order valence-corrected chi connectivity index (χ3v) is 5.60. The fraction of sp³-hybridized carbons (Fsp3) is 0.235. The maximum atomic E-state index is 12.6. The van der Waals surface area contributed by atoms with Crippen molar-refractivity contribution in [2.75, 3.05) is 18.2 Å². The van der Waals surface area contributed by atoms with Crippen LogP contribution in [0.25, 0.3) is 11.3 Å². The largest absolute Gasteiger partial charge is 0.497 e. The summed E-state index contributed by atoms with van der Waals surface area (Å²) in [6, 6.07) is 7.60. The van der Waals surface area contributed by atoms with E-state index in [2.05, 4.69) is 25.3 Å². The van der Waals surface area contributed by atoms with Gasteiger partial charge in [0, 0.05) is 10.9 Å². The molecule has 140 valence electrons. The normalized spacial score (nSPS) is 11.8. The zero-order valence-electron chi connectivity index (χ0n) is 14.7. The molecule has 1 atom stereocenters. The number of methoxy groups -OCH3 is 1. The number of thioether (sulfide) groups is 1. The molecule has 2 heterocycles. The smallest absolute Gasteiger partial charge is 0.239 e. The quantitative estimate of drug-likeness (QED) is 0.579. The number of benzene rings is 1. The Morgan fingerprint density at radius 2 is 2.07 bits per heavy atom. The molecule has 0 aliphatic heterocycles. The van der Waals surface area contributed by atoms with Crippen LogP contribution in [-0.4, -0.2) is 38.2 Å². The van der Waals surface area contributed by atoms with Gasteiger partial charge in [0.2, 0.25) is 11.9 Å². The van der Waals surface area contributed by atoms with E-state index in [1.54, 1.807) is 7.11 Å². The first kappa shape index (κ1) is 19.1. The summed E-state index contributed by atoms with van der Waals surface area (Å²) < 4.78 is 5.16. The zero-order valence-corrected chi connectivity index (χ0v) is 16.4. The lowest BCUT2D eigenvalue weighted by molar-refractivity contribution is -0.115. The van der Waals surface area contributed by atoms with E-state index in [1.807, 2.05) is 36.6 Å². The summed E-state index contributed by atoms with van der Waals surface area (Å²) in [5.41, 5.74) is 7.31. The summed E-state index contributed by atoms with van der Waals surface area (Å²) in [4.78, 5) is 28.9. The van der Waals surface area contributed by atoms with Crippen LogP contribution in [0.15, 0.2) is 41.1 Å². The lowest BCUT2D eigenvalue weighted by Gasteiger charge is -2.12. The average Bonchev–Trinajstić information content (AvgIpc) is 3.14. The van der Waals surface area contributed by atoms with E-state index in [9.17, 15) is 4.79 Å². The molecule has 27 heavy (non-hydrogen) atoms. The first-order valence-corrected chi connectivity index (χ1v) is 9.87. The Morgan fingerprint density at radius 1 is 1.30 bits per heavy atom. The number of hydrogen-bond acceptors (Lipinski definition) is 9. The SMILES string of the molecule is CCC(Sc1ncnc(N)n1)C(=O)Nc1nc(-c2ccc(OC)cc2)cs1. The number of ether oxygens (including phenoxy) is 1.